The Balaban J connectivity index is 1.84. The number of aromatic nitrogens is 1. The lowest BCUT2D eigenvalue weighted by Crippen LogP contribution is -2.33. The summed E-state index contributed by atoms with van der Waals surface area (Å²) in [6.45, 7) is 7.75. The lowest BCUT2D eigenvalue weighted by molar-refractivity contribution is 0.173. The van der Waals surface area contributed by atoms with Gasteiger partial charge in [0.05, 0.1) is 11.7 Å². The first-order valence-electron chi connectivity index (χ1n) is 6.61. The van der Waals surface area contributed by atoms with Crippen LogP contribution in [0.15, 0.2) is 5.38 Å². The summed E-state index contributed by atoms with van der Waals surface area (Å²) in [5.74, 6) is 0.946. The Kier molecular flexibility index (Phi) is 4.54. The molecule has 0 amide bonds. The molecule has 1 aliphatic rings. The summed E-state index contributed by atoms with van der Waals surface area (Å²) < 4.78 is 0. The van der Waals surface area contributed by atoms with Crippen LogP contribution in [-0.2, 0) is 6.54 Å². The highest BCUT2D eigenvalue weighted by Gasteiger charge is 2.18. The highest BCUT2D eigenvalue weighted by atomic mass is 32.1. The molecule has 0 saturated carbocycles. The van der Waals surface area contributed by atoms with Crippen LogP contribution in [0.3, 0.4) is 0 Å². The molecule has 0 aromatic carbocycles. The average molecular weight is 253 g/mol. The van der Waals surface area contributed by atoms with E-state index in [1.807, 2.05) is 6.92 Å². The van der Waals surface area contributed by atoms with Crippen molar-refractivity contribution in [3.05, 3.63) is 16.1 Å². The van der Waals surface area contributed by atoms with Gasteiger partial charge in [0.1, 0.15) is 5.01 Å². The molecular weight excluding hydrogens is 230 g/mol. The molecule has 0 aliphatic carbocycles. The number of thiazole rings is 1. The highest BCUT2D eigenvalue weighted by Crippen LogP contribution is 2.22. The fraction of sp³-hybridized carbons (Fsp3) is 0.769. The molecule has 1 aromatic rings. The molecule has 1 fully saturated rings. The van der Waals surface area contributed by atoms with Crippen molar-refractivity contribution in [2.45, 2.75) is 45.7 Å². The van der Waals surface area contributed by atoms with E-state index >= 15 is 0 Å². The third-order valence-electron chi connectivity index (χ3n) is 3.63. The van der Waals surface area contributed by atoms with Crippen molar-refractivity contribution < 1.29 is 0 Å². The third kappa shape index (κ3) is 3.50. The zero-order chi connectivity index (χ0) is 12.3. The van der Waals surface area contributed by atoms with E-state index in [0.717, 1.165) is 17.5 Å². The maximum absolute atomic E-state index is 5.83. The predicted octanol–water partition coefficient (Wildman–Crippen LogP) is 2.78. The Hall–Kier alpha value is -0.450. The number of hydrogen-bond donors (Lipinski definition) is 1. The molecule has 4 heteroatoms. The van der Waals surface area contributed by atoms with Crippen LogP contribution < -0.4 is 5.73 Å². The van der Waals surface area contributed by atoms with Crippen molar-refractivity contribution >= 4 is 11.3 Å². The summed E-state index contributed by atoms with van der Waals surface area (Å²) in [4.78, 5) is 7.11. The largest absolute Gasteiger partial charge is 0.322 e. The number of nitrogens with two attached hydrogens (primary N) is 1. The van der Waals surface area contributed by atoms with Crippen molar-refractivity contribution in [2.24, 2.45) is 11.7 Å². The van der Waals surface area contributed by atoms with Gasteiger partial charge in [0.25, 0.3) is 0 Å². The molecule has 2 heterocycles. The molecule has 2 rings (SSSR count). The minimum absolute atomic E-state index is 0.0691. The number of likely N-dealkylation sites (tertiary alicyclic amines) is 1. The topological polar surface area (TPSA) is 42.1 Å². The van der Waals surface area contributed by atoms with Gasteiger partial charge in [-0.3, -0.25) is 4.90 Å². The summed E-state index contributed by atoms with van der Waals surface area (Å²) in [5, 5.41) is 3.22. The minimum Gasteiger partial charge on any atom is -0.322 e. The van der Waals surface area contributed by atoms with E-state index in [1.54, 1.807) is 11.3 Å². The molecule has 3 nitrogen and oxygen atoms in total. The van der Waals surface area contributed by atoms with Crippen molar-refractivity contribution in [3.63, 3.8) is 0 Å². The van der Waals surface area contributed by atoms with E-state index < -0.39 is 0 Å². The van der Waals surface area contributed by atoms with Crippen LogP contribution in [0.5, 0.6) is 0 Å². The van der Waals surface area contributed by atoms with Crippen LogP contribution in [0.1, 0.15) is 49.9 Å². The van der Waals surface area contributed by atoms with Crippen LogP contribution in [0, 0.1) is 5.92 Å². The van der Waals surface area contributed by atoms with Gasteiger partial charge in [-0.2, -0.15) is 0 Å². The predicted molar refractivity (Wildman–Crippen MR) is 73.0 cm³/mol. The molecule has 1 saturated heterocycles. The van der Waals surface area contributed by atoms with Gasteiger partial charge in [-0.05, 0) is 38.8 Å². The second-order valence-corrected chi connectivity index (χ2v) is 5.98. The molecule has 2 N–H and O–H groups in total. The van der Waals surface area contributed by atoms with Crippen LogP contribution in [-0.4, -0.2) is 23.0 Å². The van der Waals surface area contributed by atoms with Gasteiger partial charge >= 0.3 is 0 Å². The first-order chi connectivity index (χ1) is 8.19. The van der Waals surface area contributed by atoms with E-state index in [-0.39, 0.29) is 6.04 Å². The Morgan fingerprint density at radius 1 is 1.53 bits per heavy atom. The first-order valence-corrected chi connectivity index (χ1v) is 7.49. The quantitative estimate of drug-likeness (QED) is 0.897. The Bertz CT molecular complexity index is 340. The van der Waals surface area contributed by atoms with Gasteiger partial charge in [-0.25, -0.2) is 4.98 Å². The van der Waals surface area contributed by atoms with E-state index in [1.165, 1.54) is 38.0 Å². The molecule has 1 unspecified atom stereocenters. The molecule has 17 heavy (non-hydrogen) atoms. The Labute approximate surface area is 108 Å². The molecule has 1 atom stereocenters. The minimum atomic E-state index is 0.0691. The van der Waals surface area contributed by atoms with Gasteiger partial charge in [0, 0.05) is 11.9 Å². The van der Waals surface area contributed by atoms with Crippen molar-refractivity contribution in [1.29, 1.82) is 0 Å². The molecule has 96 valence electrons. The van der Waals surface area contributed by atoms with Gasteiger partial charge in [-0.1, -0.05) is 13.3 Å². The van der Waals surface area contributed by atoms with E-state index in [9.17, 15) is 0 Å². The monoisotopic (exact) mass is 253 g/mol. The second-order valence-electron chi connectivity index (χ2n) is 5.09. The van der Waals surface area contributed by atoms with Gasteiger partial charge < -0.3 is 5.73 Å². The fourth-order valence-electron chi connectivity index (χ4n) is 2.39. The van der Waals surface area contributed by atoms with Crippen LogP contribution in [0.25, 0.3) is 0 Å². The van der Waals surface area contributed by atoms with Gasteiger partial charge in [0.2, 0.25) is 0 Å². The molecule has 1 aromatic heterocycles. The SMILES string of the molecule is CCC1CCN(Cc2csc(C(C)N)n2)CC1. The van der Waals surface area contributed by atoms with E-state index in [4.69, 9.17) is 5.73 Å². The van der Waals surface area contributed by atoms with Crippen molar-refractivity contribution in [2.75, 3.05) is 13.1 Å². The standard InChI is InChI=1S/C13H23N3S/c1-3-11-4-6-16(7-5-11)8-12-9-17-13(15-12)10(2)14/h9-11H,3-8,14H2,1-2H3. The second kappa shape index (κ2) is 5.94. The van der Waals surface area contributed by atoms with Crippen molar-refractivity contribution in [1.82, 2.24) is 9.88 Å². The summed E-state index contributed by atoms with van der Waals surface area (Å²) in [5.41, 5.74) is 7.02. The maximum Gasteiger partial charge on any atom is 0.109 e. The molecular formula is C13H23N3S. The molecule has 1 aliphatic heterocycles. The van der Waals surface area contributed by atoms with Crippen LogP contribution in [0.4, 0.5) is 0 Å². The van der Waals surface area contributed by atoms with Gasteiger partial charge in [-0.15, -0.1) is 11.3 Å². The van der Waals surface area contributed by atoms with E-state index in [2.05, 4.69) is 22.2 Å². The lowest BCUT2D eigenvalue weighted by atomic mass is 9.94. The van der Waals surface area contributed by atoms with Gasteiger partial charge in [0.15, 0.2) is 0 Å². The fourth-order valence-corrected chi connectivity index (χ4v) is 3.15. The highest BCUT2D eigenvalue weighted by molar-refractivity contribution is 7.09. The summed E-state index contributed by atoms with van der Waals surface area (Å²) >= 11 is 1.69. The lowest BCUT2D eigenvalue weighted by Gasteiger charge is -2.30. The average Bonchev–Trinajstić information content (AvgIpc) is 2.79. The smallest absolute Gasteiger partial charge is 0.109 e. The summed E-state index contributed by atoms with van der Waals surface area (Å²) in [6.07, 6.45) is 4.03. The summed E-state index contributed by atoms with van der Waals surface area (Å²) in [6, 6.07) is 0.0691. The molecule has 0 spiro atoms. The Morgan fingerprint density at radius 3 is 2.76 bits per heavy atom. The maximum atomic E-state index is 5.83. The van der Waals surface area contributed by atoms with E-state index in [0.29, 0.717) is 0 Å². The van der Waals surface area contributed by atoms with Crippen LogP contribution in [0.2, 0.25) is 0 Å². The normalized spacial score (nSPS) is 20.6. The molecule has 0 bridgehead atoms. The number of rotatable bonds is 4. The Morgan fingerprint density at radius 2 is 2.24 bits per heavy atom. The summed E-state index contributed by atoms with van der Waals surface area (Å²) in [7, 11) is 0. The number of piperidine rings is 1. The zero-order valence-corrected chi connectivity index (χ0v) is 11.7. The number of hydrogen-bond acceptors (Lipinski definition) is 4. The van der Waals surface area contributed by atoms with Crippen LogP contribution >= 0.6 is 11.3 Å². The zero-order valence-electron chi connectivity index (χ0n) is 10.9. The first kappa shape index (κ1) is 13.0. The van der Waals surface area contributed by atoms with Crippen molar-refractivity contribution in [3.8, 4) is 0 Å². The molecule has 0 radical (unpaired) electrons. The number of nitrogens with zero attached hydrogens (tertiary/aromatic N) is 2. The third-order valence-corrected chi connectivity index (χ3v) is 4.72.